The van der Waals surface area contributed by atoms with E-state index < -0.39 is 5.97 Å². The van der Waals surface area contributed by atoms with E-state index in [9.17, 15) is 9.59 Å². The summed E-state index contributed by atoms with van der Waals surface area (Å²) in [5, 5.41) is 12.0. The van der Waals surface area contributed by atoms with Gasteiger partial charge < -0.3 is 10.4 Å². The van der Waals surface area contributed by atoms with Gasteiger partial charge in [0.05, 0.1) is 6.54 Å². The van der Waals surface area contributed by atoms with E-state index in [-0.39, 0.29) is 18.2 Å². The summed E-state index contributed by atoms with van der Waals surface area (Å²) in [6.45, 7) is 4.36. The van der Waals surface area contributed by atoms with Crippen molar-refractivity contribution in [1.82, 2.24) is 10.2 Å². The smallest absolute Gasteiger partial charge is 0.303 e. The van der Waals surface area contributed by atoms with Gasteiger partial charge in [0.15, 0.2) is 0 Å². The van der Waals surface area contributed by atoms with E-state index in [1.54, 1.807) is 0 Å². The number of carbonyl (C=O) groups excluding carboxylic acids is 1. The Kier molecular flexibility index (Phi) is 6.03. The molecule has 120 valence electrons. The summed E-state index contributed by atoms with van der Waals surface area (Å²) >= 11 is 0. The minimum atomic E-state index is -0.711. The Hall–Kier alpha value is -1.10. The molecule has 2 atom stereocenters. The van der Waals surface area contributed by atoms with Crippen molar-refractivity contribution >= 4 is 11.9 Å². The second kappa shape index (κ2) is 7.78. The van der Waals surface area contributed by atoms with Gasteiger partial charge in [0, 0.05) is 12.5 Å². The highest BCUT2D eigenvalue weighted by Crippen LogP contribution is 2.24. The number of carboxylic acid groups (broad SMARTS) is 1. The van der Waals surface area contributed by atoms with Crippen molar-refractivity contribution in [3.8, 4) is 0 Å². The Morgan fingerprint density at radius 3 is 2.43 bits per heavy atom. The van der Waals surface area contributed by atoms with Crippen LogP contribution >= 0.6 is 0 Å². The molecule has 1 heterocycles. The van der Waals surface area contributed by atoms with Crippen molar-refractivity contribution in [2.24, 2.45) is 11.8 Å². The van der Waals surface area contributed by atoms with Gasteiger partial charge in [-0.3, -0.25) is 14.5 Å². The molecule has 1 aliphatic heterocycles. The van der Waals surface area contributed by atoms with E-state index in [4.69, 9.17) is 5.11 Å². The second-order valence-corrected chi connectivity index (χ2v) is 6.75. The van der Waals surface area contributed by atoms with Gasteiger partial charge in [0.25, 0.3) is 0 Å². The Labute approximate surface area is 127 Å². The third-order valence-electron chi connectivity index (χ3n) is 5.00. The lowest BCUT2D eigenvalue weighted by Crippen LogP contribution is -2.47. The normalized spacial score (nSPS) is 28.2. The number of nitrogens with zero attached hydrogens (tertiary/aromatic N) is 1. The molecule has 0 spiro atoms. The molecule has 2 fully saturated rings. The molecule has 0 aromatic rings. The maximum absolute atomic E-state index is 12.1. The average molecular weight is 296 g/mol. The van der Waals surface area contributed by atoms with Crippen LogP contribution in [0, 0.1) is 11.8 Å². The van der Waals surface area contributed by atoms with Crippen LogP contribution in [0.1, 0.15) is 51.9 Å². The molecular formula is C16H28N2O3. The lowest BCUT2D eigenvalue weighted by atomic mass is 9.86. The number of hydrogen-bond donors (Lipinski definition) is 2. The van der Waals surface area contributed by atoms with Crippen molar-refractivity contribution in [2.45, 2.75) is 57.9 Å². The van der Waals surface area contributed by atoms with Crippen LogP contribution in [-0.4, -0.2) is 47.6 Å². The second-order valence-electron chi connectivity index (χ2n) is 6.75. The highest BCUT2D eigenvalue weighted by molar-refractivity contribution is 5.78. The van der Waals surface area contributed by atoms with Crippen LogP contribution in [0.15, 0.2) is 0 Å². The molecule has 5 heteroatoms. The monoisotopic (exact) mass is 296 g/mol. The Morgan fingerprint density at radius 1 is 1.14 bits per heavy atom. The fourth-order valence-electron chi connectivity index (χ4n) is 3.58. The number of nitrogens with one attached hydrogen (secondary N) is 1. The van der Waals surface area contributed by atoms with E-state index in [0.29, 0.717) is 18.5 Å². The number of carbonyl (C=O) groups is 2. The number of amides is 1. The molecule has 21 heavy (non-hydrogen) atoms. The van der Waals surface area contributed by atoms with E-state index in [1.807, 2.05) is 0 Å². The quantitative estimate of drug-likeness (QED) is 0.812. The molecule has 5 nitrogen and oxygen atoms in total. The van der Waals surface area contributed by atoms with Gasteiger partial charge >= 0.3 is 5.97 Å². The van der Waals surface area contributed by atoms with Gasteiger partial charge in [-0.25, -0.2) is 0 Å². The first-order valence-electron chi connectivity index (χ1n) is 8.28. The van der Waals surface area contributed by atoms with Crippen molar-refractivity contribution < 1.29 is 14.7 Å². The highest BCUT2D eigenvalue weighted by Gasteiger charge is 2.25. The molecule has 2 aliphatic rings. The summed E-state index contributed by atoms with van der Waals surface area (Å²) in [6, 6.07) is 0.343. The average Bonchev–Trinajstić information content (AvgIpc) is 2.43. The van der Waals surface area contributed by atoms with Crippen LogP contribution in [0.2, 0.25) is 0 Å². The van der Waals surface area contributed by atoms with Crippen molar-refractivity contribution in [2.75, 3.05) is 19.6 Å². The van der Waals surface area contributed by atoms with Crippen molar-refractivity contribution in [3.05, 3.63) is 0 Å². The molecule has 1 saturated heterocycles. The Morgan fingerprint density at radius 2 is 1.81 bits per heavy atom. The van der Waals surface area contributed by atoms with E-state index in [2.05, 4.69) is 17.1 Å². The van der Waals surface area contributed by atoms with Gasteiger partial charge in [-0.2, -0.15) is 0 Å². The van der Waals surface area contributed by atoms with Crippen molar-refractivity contribution in [3.63, 3.8) is 0 Å². The van der Waals surface area contributed by atoms with E-state index in [0.717, 1.165) is 32.4 Å². The molecule has 1 saturated carbocycles. The SMILES string of the molecule is CC1CCCCC1NC(=O)CN1CCC(CC(=O)O)CC1. The molecule has 0 aromatic carbocycles. The molecule has 2 N–H and O–H groups in total. The van der Waals surface area contributed by atoms with Crippen molar-refractivity contribution in [1.29, 1.82) is 0 Å². The first kappa shape index (κ1) is 16.3. The largest absolute Gasteiger partial charge is 0.481 e. The predicted octanol–water partition coefficient (Wildman–Crippen LogP) is 1.87. The lowest BCUT2D eigenvalue weighted by Gasteiger charge is -2.33. The first-order chi connectivity index (χ1) is 10.0. The molecule has 2 rings (SSSR count). The Bertz CT molecular complexity index is 365. The van der Waals surface area contributed by atoms with Gasteiger partial charge in [0.2, 0.25) is 5.91 Å². The van der Waals surface area contributed by atoms with E-state index in [1.165, 1.54) is 19.3 Å². The van der Waals surface area contributed by atoms with Gasteiger partial charge in [-0.1, -0.05) is 19.8 Å². The molecule has 2 unspecified atom stereocenters. The van der Waals surface area contributed by atoms with Crippen LogP contribution in [0.5, 0.6) is 0 Å². The molecule has 0 radical (unpaired) electrons. The fraction of sp³-hybridized carbons (Fsp3) is 0.875. The summed E-state index contributed by atoms with van der Waals surface area (Å²) in [7, 11) is 0. The summed E-state index contributed by atoms with van der Waals surface area (Å²) in [4.78, 5) is 25.0. The van der Waals surface area contributed by atoms with Gasteiger partial charge in [-0.05, 0) is 50.6 Å². The zero-order chi connectivity index (χ0) is 15.2. The molecule has 1 amide bonds. The molecule has 1 aliphatic carbocycles. The van der Waals surface area contributed by atoms with Crippen LogP contribution in [0.3, 0.4) is 0 Å². The molecular weight excluding hydrogens is 268 g/mol. The van der Waals surface area contributed by atoms with E-state index >= 15 is 0 Å². The first-order valence-corrected chi connectivity index (χ1v) is 8.28. The maximum Gasteiger partial charge on any atom is 0.303 e. The summed E-state index contributed by atoms with van der Waals surface area (Å²) in [6.07, 6.45) is 6.86. The third-order valence-corrected chi connectivity index (χ3v) is 5.00. The van der Waals surface area contributed by atoms with Gasteiger partial charge in [0.1, 0.15) is 0 Å². The number of rotatable bonds is 5. The maximum atomic E-state index is 12.1. The number of carboxylic acids is 1. The summed E-state index contributed by atoms with van der Waals surface area (Å²) < 4.78 is 0. The third kappa shape index (κ3) is 5.30. The summed E-state index contributed by atoms with van der Waals surface area (Å²) in [5.74, 6) is 0.284. The van der Waals surface area contributed by atoms with Crippen LogP contribution < -0.4 is 5.32 Å². The number of hydrogen-bond acceptors (Lipinski definition) is 3. The van der Waals surface area contributed by atoms with Gasteiger partial charge in [-0.15, -0.1) is 0 Å². The molecule has 0 aromatic heterocycles. The number of piperidine rings is 1. The summed E-state index contributed by atoms with van der Waals surface area (Å²) in [5.41, 5.74) is 0. The minimum absolute atomic E-state index is 0.130. The Balaban J connectivity index is 1.68. The zero-order valence-electron chi connectivity index (χ0n) is 13.0. The number of likely N-dealkylation sites (tertiary alicyclic amines) is 1. The standard InChI is InChI=1S/C16H28N2O3/c1-12-4-2-3-5-14(12)17-15(19)11-18-8-6-13(7-9-18)10-16(20)21/h12-14H,2-11H2,1H3,(H,17,19)(H,20,21). The zero-order valence-corrected chi connectivity index (χ0v) is 13.0. The number of aliphatic carboxylic acids is 1. The lowest BCUT2D eigenvalue weighted by molar-refractivity contribution is -0.138. The topological polar surface area (TPSA) is 69.6 Å². The molecule has 0 bridgehead atoms. The minimum Gasteiger partial charge on any atom is -0.481 e. The van der Waals surface area contributed by atoms with Crippen LogP contribution in [0.25, 0.3) is 0 Å². The van der Waals surface area contributed by atoms with Crippen LogP contribution in [-0.2, 0) is 9.59 Å². The predicted molar refractivity (Wildman–Crippen MR) is 81.0 cm³/mol. The van der Waals surface area contributed by atoms with Crippen LogP contribution in [0.4, 0.5) is 0 Å². The highest BCUT2D eigenvalue weighted by atomic mass is 16.4. The fourth-order valence-corrected chi connectivity index (χ4v) is 3.58.